The summed E-state index contributed by atoms with van der Waals surface area (Å²) in [6.45, 7) is 0.315. The number of carbonyl (C=O) groups excluding carboxylic acids is 1. The number of nitrogens with zero attached hydrogens (tertiary/aromatic N) is 1. The van der Waals surface area contributed by atoms with E-state index in [4.69, 9.17) is 13.9 Å². The van der Waals surface area contributed by atoms with E-state index in [1.807, 2.05) is 42.5 Å². The topological polar surface area (TPSA) is 73.6 Å². The number of rotatable bonds is 8. The Morgan fingerprint density at radius 2 is 1.81 bits per heavy atom. The minimum atomic E-state index is -0.200. The van der Waals surface area contributed by atoms with Crippen molar-refractivity contribution in [1.29, 1.82) is 0 Å². The van der Waals surface area contributed by atoms with Gasteiger partial charge in [0, 0.05) is 24.1 Å². The SMILES string of the molecule is COc1ccc(OC)c(CNC(=O)c2ccc3nc(CCc4ccccc4)oc3c2)c1. The number of ether oxygens (including phenoxy) is 2. The summed E-state index contributed by atoms with van der Waals surface area (Å²) in [5, 5.41) is 2.92. The maximum atomic E-state index is 12.7. The molecule has 158 valence electrons. The number of hydrogen-bond donors (Lipinski definition) is 1. The molecule has 0 fully saturated rings. The van der Waals surface area contributed by atoms with Gasteiger partial charge in [0.1, 0.15) is 17.0 Å². The Morgan fingerprint density at radius 1 is 0.968 bits per heavy atom. The number of aryl methyl sites for hydroxylation is 2. The summed E-state index contributed by atoms with van der Waals surface area (Å²) < 4.78 is 16.5. The molecule has 6 nitrogen and oxygen atoms in total. The molecule has 3 aromatic carbocycles. The highest BCUT2D eigenvalue weighted by molar-refractivity contribution is 5.97. The van der Waals surface area contributed by atoms with Gasteiger partial charge in [-0.05, 0) is 48.4 Å². The Bertz CT molecular complexity index is 1180. The molecule has 1 heterocycles. The van der Waals surface area contributed by atoms with Crippen LogP contribution in [0.25, 0.3) is 11.1 Å². The minimum absolute atomic E-state index is 0.200. The lowest BCUT2D eigenvalue weighted by atomic mass is 10.1. The Balaban J connectivity index is 1.44. The van der Waals surface area contributed by atoms with Crippen LogP contribution in [0.4, 0.5) is 0 Å². The molecule has 0 unspecified atom stereocenters. The van der Waals surface area contributed by atoms with Gasteiger partial charge in [0.25, 0.3) is 5.91 Å². The number of aromatic nitrogens is 1. The zero-order valence-electron chi connectivity index (χ0n) is 17.6. The molecule has 0 bridgehead atoms. The summed E-state index contributed by atoms with van der Waals surface area (Å²) in [4.78, 5) is 17.2. The van der Waals surface area contributed by atoms with Crippen molar-refractivity contribution in [3.63, 3.8) is 0 Å². The van der Waals surface area contributed by atoms with Crippen LogP contribution in [-0.4, -0.2) is 25.1 Å². The van der Waals surface area contributed by atoms with Crippen LogP contribution >= 0.6 is 0 Å². The van der Waals surface area contributed by atoms with Crippen LogP contribution in [-0.2, 0) is 19.4 Å². The predicted octanol–water partition coefficient (Wildman–Crippen LogP) is 4.56. The fourth-order valence-corrected chi connectivity index (χ4v) is 3.41. The predicted molar refractivity (Wildman–Crippen MR) is 119 cm³/mol. The van der Waals surface area contributed by atoms with Gasteiger partial charge in [-0.2, -0.15) is 0 Å². The molecule has 1 N–H and O–H groups in total. The van der Waals surface area contributed by atoms with Crippen molar-refractivity contribution in [3.05, 3.63) is 89.3 Å². The number of nitrogens with one attached hydrogen (secondary N) is 1. The minimum Gasteiger partial charge on any atom is -0.497 e. The summed E-state index contributed by atoms with van der Waals surface area (Å²) >= 11 is 0. The molecule has 1 amide bonds. The molecule has 0 aliphatic heterocycles. The van der Waals surface area contributed by atoms with E-state index >= 15 is 0 Å². The van der Waals surface area contributed by atoms with Gasteiger partial charge >= 0.3 is 0 Å². The van der Waals surface area contributed by atoms with Crippen molar-refractivity contribution in [1.82, 2.24) is 10.3 Å². The maximum Gasteiger partial charge on any atom is 0.251 e. The molecule has 0 spiro atoms. The third-order valence-corrected chi connectivity index (χ3v) is 5.09. The van der Waals surface area contributed by atoms with Gasteiger partial charge in [-0.15, -0.1) is 0 Å². The van der Waals surface area contributed by atoms with Crippen LogP contribution in [0.15, 0.2) is 71.1 Å². The van der Waals surface area contributed by atoms with Crippen LogP contribution < -0.4 is 14.8 Å². The average Bonchev–Trinajstić information content (AvgIpc) is 3.23. The van der Waals surface area contributed by atoms with Gasteiger partial charge in [-0.25, -0.2) is 4.98 Å². The third-order valence-electron chi connectivity index (χ3n) is 5.09. The van der Waals surface area contributed by atoms with Gasteiger partial charge in [0.15, 0.2) is 11.5 Å². The molecular formula is C25H24N2O4. The number of fused-ring (bicyclic) bond motifs is 1. The number of benzene rings is 3. The number of oxazole rings is 1. The normalized spacial score (nSPS) is 10.8. The van der Waals surface area contributed by atoms with E-state index in [1.165, 1.54) is 5.56 Å². The van der Waals surface area contributed by atoms with E-state index < -0.39 is 0 Å². The summed E-state index contributed by atoms with van der Waals surface area (Å²) in [5.74, 6) is 1.86. The second kappa shape index (κ2) is 9.34. The quantitative estimate of drug-likeness (QED) is 0.456. The molecule has 0 saturated carbocycles. The van der Waals surface area contributed by atoms with Gasteiger partial charge in [0.05, 0.1) is 14.2 Å². The first-order chi connectivity index (χ1) is 15.2. The van der Waals surface area contributed by atoms with E-state index in [-0.39, 0.29) is 5.91 Å². The van der Waals surface area contributed by atoms with Gasteiger partial charge in [0.2, 0.25) is 0 Å². The van der Waals surface area contributed by atoms with Gasteiger partial charge in [-0.1, -0.05) is 30.3 Å². The zero-order valence-corrected chi connectivity index (χ0v) is 17.6. The summed E-state index contributed by atoms with van der Waals surface area (Å²) in [6.07, 6.45) is 1.55. The molecular weight excluding hydrogens is 392 g/mol. The molecule has 0 aliphatic rings. The first kappa shape index (κ1) is 20.5. The first-order valence-electron chi connectivity index (χ1n) is 10.1. The van der Waals surface area contributed by atoms with Crippen LogP contribution in [0.5, 0.6) is 11.5 Å². The fourth-order valence-electron chi connectivity index (χ4n) is 3.41. The molecule has 4 aromatic rings. The summed E-state index contributed by atoms with van der Waals surface area (Å²) in [7, 11) is 3.20. The first-order valence-corrected chi connectivity index (χ1v) is 10.1. The van der Waals surface area contributed by atoms with E-state index in [2.05, 4.69) is 22.4 Å². The lowest BCUT2D eigenvalue weighted by Crippen LogP contribution is -2.23. The van der Waals surface area contributed by atoms with Crippen molar-refractivity contribution in [3.8, 4) is 11.5 Å². The number of carbonyl (C=O) groups is 1. The zero-order chi connectivity index (χ0) is 21.6. The lowest BCUT2D eigenvalue weighted by molar-refractivity contribution is 0.0950. The van der Waals surface area contributed by atoms with Crippen molar-refractivity contribution < 1.29 is 18.7 Å². The van der Waals surface area contributed by atoms with Crippen molar-refractivity contribution >= 4 is 17.0 Å². The summed E-state index contributed by atoms with van der Waals surface area (Å²) in [6, 6.07) is 21.0. The van der Waals surface area contributed by atoms with Crippen LogP contribution in [0.2, 0.25) is 0 Å². The van der Waals surface area contributed by atoms with E-state index in [0.29, 0.717) is 41.5 Å². The Kier molecular flexibility index (Phi) is 6.17. The summed E-state index contributed by atoms with van der Waals surface area (Å²) in [5.41, 5.74) is 3.93. The highest BCUT2D eigenvalue weighted by Crippen LogP contribution is 2.24. The molecule has 4 rings (SSSR count). The lowest BCUT2D eigenvalue weighted by Gasteiger charge is -2.11. The van der Waals surface area contributed by atoms with Gasteiger partial charge < -0.3 is 19.2 Å². The largest absolute Gasteiger partial charge is 0.497 e. The molecule has 6 heteroatoms. The molecule has 31 heavy (non-hydrogen) atoms. The van der Waals surface area contributed by atoms with Crippen LogP contribution in [0.1, 0.15) is 27.4 Å². The van der Waals surface area contributed by atoms with Crippen molar-refractivity contribution in [2.24, 2.45) is 0 Å². The van der Waals surface area contributed by atoms with Gasteiger partial charge in [-0.3, -0.25) is 4.79 Å². The van der Waals surface area contributed by atoms with Crippen LogP contribution in [0.3, 0.4) is 0 Å². The second-order valence-electron chi connectivity index (χ2n) is 7.14. The molecule has 0 aliphatic carbocycles. The van der Waals surface area contributed by atoms with Crippen molar-refractivity contribution in [2.75, 3.05) is 14.2 Å². The number of hydrogen-bond acceptors (Lipinski definition) is 5. The van der Waals surface area contributed by atoms with Crippen LogP contribution in [0, 0.1) is 0 Å². The fraction of sp³-hybridized carbons (Fsp3) is 0.200. The average molecular weight is 416 g/mol. The monoisotopic (exact) mass is 416 g/mol. The van der Waals surface area contributed by atoms with E-state index in [9.17, 15) is 4.79 Å². The van der Waals surface area contributed by atoms with E-state index in [0.717, 1.165) is 17.5 Å². The molecule has 0 saturated heterocycles. The highest BCUT2D eigenvalue weighted by Gasteiger charge is 2.12. The van der Waals surface area contributed by atoms with E-state index in [1.54, 1.807) is 26.4 Å². The highest BCUT2D eigenvalue weighted by atomic mass is 16.5. The standard InChI is InChI=1S/C25H24N2O4/c1-29-20-10-12-22(30-2)19(14-20)16-26-25(28)18-9-11-21-23(15-18)31-24(27-21)13-8-17-6-4-3-5-7-17/h3-7,9-12,14-15H,8,13,16H2,1-2H3,(H,26,28). The molecule has 1 aromatic heterocycles. The molecule has 0 atom stereocenters. The Hall–Kier alpha value is -3.80. The van der Waals surface area contributed by atoms with Crippen molar-refractivity contribution in [2.45, 2.75) is 19.4 Å². The number of methoxy groups -OCH3 is 2. The smallest absolute Gasteiger partial charge is 0.251 e. The third kappa shape index (κ3) is 4.86. The number of amides is 1. The second-order valence-corrected chi connectivity index (χ2v) is 7.14. The molecule has 0 radical (unpaired) electrons. The Labute approximate surface area is 180 Å². The Morgan fingerprint density at radius 3 is 2.58 bits per heavy atom. The maximum absolute atomic E-state index is 12.7.